The van der Waals surface area contributed by atoms with E-state index in [0.717, 1.165) is 16.0 Å². The molecule has 1 fully saturated rings. The van der Waals surface area contributed by atoms with Crippen LogP contribution in [0.25, 0.3) is 0 Å². The summed E-state index contributed by atoms with van der Waals surface area (Å²) in [7, 11) is 0. The van der Waals surface area contributed by atoms with E-state index in [1.807, 2.05) is 31.2 Å². The fourth-order valence-electron chi connectivity index (χ4n) is 2.64. The van der Waals surface area contributed by atoms with E-state index in [0.29, 0.717) is 11.3 Å². The van der Waals surface area contributed by atoms with E-state index in [2.05, 4.69) is 0 Å². The maximum Gasteiger partial charge on any atom is 0.338 e. The molecular weight excluding hydrogens is 306 g/mol. The van der Waals surface area contributed by atoms with Crippen LogP contribution in [0, 0.1) is 6.92 Å². The van der Waals surface area contributed by atoms with Gasteiger partial charge in [0.1, 0.15) is 6.61 Å². The smallest absolute Gasteiger partial charge is 0.338 e. The molecule has 1 heterocycles. The van der Waals surface area contributed by atoms with Crippen molar-refractivity contribution in [3.8, 4) is 0 Å². The summed E-state index contributed by atoms with van der Waals surface area (Å²) in [6, 6.07) is 14.1. The highest BCUT2D eigenvalue weighted by molar-refractivity contribution is 6.20. The molecule has 2 aromatic carbocycles. The van der Waals surface area contributed by atoms with Crippen molar-refractivity contribution in [1.82, 2.24) is 0 Å². The van der Waals surface area contributed by atoms with Crippen LogP contribution >= 0.6 is 0 Å². The lowest BCUT2D eigenvalue weighted by atomic mass is 10.1. The number of nitrogens with zero attached hydrogens (tertiary/aromatic N) is 1. The average molecular weight is 323 g/mol. The first kappa shape index (κ1) is 15.9. The zero-order valence-corrected chi connectivity index (χ0v) is 13.3. The fraction of sp³-hybridized carbons (Fsp3) is 0.211. The second kappa shape index (κ2) is 6.66. The Morgan fingerprint density at radius 3 is 2.46 bits per heavy atom. The number of ether oxygens (including phenoxy) is 1. The average Bonchev–Trinajstić information content (AvgIpc) is 2.92. The van der Waals surface area contributed by atoms with Gasteiger partial charge >= 0.3 is 5.97 Å². The van der Waals surface area contributed by atoms with Crippen molar-refractivity contribution >= 4 is 23.5 Å². The van der Waals surface area contributed by atoms with Gasteiger partial charge in [-0.05, 0) is 36.2 Å². The first-order valence-electron chi connectivity index (χ1n) is 7.74. The number of carbonyl (C=O) groups is 3. The van der Waals surface area contributed by atoms with Gasteiger partial charge in [0.2, 0.25) is 11.8 Å². The molecule has 24 heavy (non-hydrogen) atoms. The molecule has 1 aliphatic rings. The molecule has 5 heteroatoms. The standard InChI is InChI=1S/C19H17NO4/c1-13-5-2-3-6-15(13)12-24-19(23)14-7-4-8-16(11-14)20-17(21)9-10-18(20)22/h2-8,11H,9-10,12H2,1H3. The highest BCUT2D eigenvalue weighted by atomic mass is 16.5. The topological polar surface area (TPSA) is 63.7 Å². The summed E-state index contributed by atoms with van der Waals surface area (Å²) in [4.78, 5) is 37.0. The third-order valence-corrected chi connectivity index (χ3v) is 4.01. The molecule has 122 valence electrons. The summed E-state index contributed by atoms with van der Waals surface area (Å²) < 4.78 is 5.34. The maximum absolute atomic E-state index is 12.2. The number of esters is 1. The molecule has 0 bridgehead atoms. The molecule has 1 aliphatic heterocycles. The number of carbonyl (C=O) groups excluding carboxylic acids is 3. The van der Waals surface area contributed by atoms with E-state index >= 15 is 0 Å². The summed E-state index contributed by atoms with van der Waals surface area (Å²) >= 11 is 0. The molecule has 3 rings (SSSR count). The molecule has 0 spiro atoms. The number of rotatable bonds is 4. The molecule has 0 N–H and O–H groups in total. The van der Waals surface area contributed by atoms with E-state index in [-0.39, 0.29) is 31.3 Å². The van der Waals surface area contributed by atoms with Crippen LogP contribution in [0.1, 0.15) is 34.3 Å². The molecule has 0 radical (unpaired) electrons. The molecule has 0 atom stereocenters. The van der Waals surface area contributed by atoms with Crippen molar-refractivity contribution < 1.29 is 19.1 Å². The van der Waals surface area contributed by atoms with E-state index < -0.39 is 5.97 Å². The maximum atomic E-state index is 12.2. The van der Waals surface area contributed by atoms with Gasteiger partial charge in [-0.25, -0.2) is 4.79 Å². The number of benzene rings is 2. The minimum Gasteiger partial charge on any atom is -0.457 e. The summed E-state index contributed by atoms with van der Waals surface area (Å²) in [5.74, 6) is -0.977. The van der Waals surface area contributed by atoms with Crippen molar-refractivity contribution in [2.24, 2.45) is 0 Å². The van der Waals surface area contributed by atoms with Gasteiger partial charge in [0.15, 0.2) is 0 Å². The Balaban J connectivity index is 1.74. The van der Waals surface area contributed by atoms with Crippen LogP contribution in [0.5, 0.6) is 0 Å². The summed E-state index contributed by atoms with van der Waals surface area (Å²) in [5.41, 5.74) is 2.71. The number of imide groups is 1. The van der Waals surface area contributed by atoms with E-state index in [1.165, 1.54) is 6.07 Å². The van der Waals surface area contributed by atoms with Crippen molar-refractivity contribution in [3.63, 3.8) is 0 Å². The van der Waals surface area contributed by atoms with Crippen molar-refractivity contribution in [3.05, 3.63) is 65.2 Å². The molecule has 0 unspecified atom stereocenters. The Morgan fingerprint density at radius 1 is 1.04 bits per heavy atom. The number of amides is 2. The van der Waals surface area contributed by atoms with Crippen LogP contribution in [0.3, 0.4) is 0 Å². The second-order valence-corrected chi connectivity index (χ2v) is 5.68. The SMILES string of the molecule is Cc1ccccc1COC(=O)c1cccc(N2C(=O)CCC2=O)c1. The first-order valence-corrected chi connectivity index (χ1v) is 7.74. The van der Waals surface area contributed by atoms with Crippen molar-refractivity contribution in [2.45, 2.75) is 26.4 Å². The Hall–Kier alpha value is -2.95. The van der Waals surface area contributed by atoms with Gasteiger partial charge in [-0.15, -0.1) is 0 Å². The largest absolute Gasteiger partial charge is 0.457 e. The lowest BCUT2D eigenvalue weighted by molar-refractivity contribution is -0.121. The Morgan fingerprint density at radius 2 is 1.75 bits per heavy atom. The van der Waals surface area contributed by atoms with Crippen LogP contribution in [-0.2, 0) is 20.9 Å². The highest BCUT2D eigenvalue weighted by Gasteiger charge is 2.30. The first-order chi connectivity index (χ1) is 11.6. The summed E-state index contributed by atoms with van der Waals surface area (Å²) in [6.45, 7) is 2.13. The Bertz CT molecular complexity index is 797. The Kier molecular flexibility index (Phi) is 4.42. The van der Waals surface area contributed by atoms with Gasteiger partial charge in [0.05, 0.1) is 11.3 Å². The molecule has 2 aromatic rings. The molecule has 0 aliphatic carbocycles. The quantitative estimate of drug-likeness (QED) is 0.641. The predicted molar refractivity (Wildman–Crippen MR) is 88.5 cm³/mol. The number of hydrogen-bond acceptors (Lipinski definition) is 4. The Labute approximate surface area is 139 Å². The van der Waals surface area contributed by atoms with E-state index in [4.69, 9.17) is 4.74 Å². The van der Waals surface area contributed by atoms with Crippen molar-refractivity contribution in [1.29, 1.82) is 0 Å². The van der Waals surface area contributed by atoms with Crippen LogP contribution in [0.2, 0.25) is 0 Å². The van der Waals surface area contributed by atoms with Crippen LogP contribution in [0.15, 0.2) is 48.5 Å². The van der Waals surface area contributed by atoms with Gasteiger partial charge in [-0.1, -0.05) is 30.3 Å². The monoisotopic (exact) mass is 323 g/mol. The third-order valence-electron chi connectivity index (χ3n) is 4.01. The molecule has 0 aromatic heterocycles. The van der Waals surface area contributed by atoms with Crippen LogP contribution in [0.4, 0.5) is 5.69 Å². The minimum atomic E-state index is -0.487. The minimum absolute atomic E-state index is 0.178. The molecular formula is C19H17NO4. The van der Waals surface area contributed by atoms with Gasteiger partial charge in [-0.2, -0.15) is 0 Å². The number of aryl methyl sites for hydroxylation is 1. The summed E-state index contributed by atoms with van der Waals surface area (Å²) in [5, 5.41) is 0. The predicted octanol–water partition coefficient (Wildman–Crippen LogP) is 3.01. The van der Waals surface area contributed by atoms with Gasteiger partial charge in [0, 0.05) is 12.8 Å². The molecule has 1 saturated heterocycles. The van der Waals surface area contributed by atoms with Crippen molar-refractivity contribution in [2.75, 3.05) is 4.90 Å². The second-order valence-electron chi connectivity index (χ2n) is 5.68. The van der Waals surface area contributed by atoms with Gasteiger partial charge < -0.3 is 4.74 Å². The molecule has 5 nitrogen and oxygen atoms in total. The molecule has 0 saturated carbocycles. The van der Waals surface area contributed by atoms with E-state index in [9.17, 15) is 14.4 Å². The van der Waals surface area contributed by atoms with Gasteiger partial charge in [-0.3, -0.25) is 14.5 Å². The molecule has 2 amide bonds. The normalized spacial score (nSPS) is 14.1. The van der Waals surface area contributed by atoms with Crippen LogP contribution < -0.4 is 4.90 Å². The van der Waals surface area contributed by atoms with Crippen LogP contribution in [-0.4, -0.2) is 17.8 Å². The number of hydrogen-bond donors (Lipinski definition) is 0. The van der Waals surface area contributed by atoms with Gasteiger partial charge in [0.25, 0.3) is 0 Å². The summed E-state index contributed by atoms with van der Waals surface area (Å²) in [6.07, 6.45) is 0.418. The zero-order chi connectivity index (χ0) is 17.1. The fourth-order valence-corrected chi connectivity index (χ4v) is 2.64. The highest BCUT2D eigenvalue weighted by Crippen LogP contribution is 2.23. The lowest BCUT2D eigenvalue weighted by Gasteiger charge is -2.14. The zero-order valence-electron chi connectivity index (χ0n) is 13.3. The third kappa shape index (κ3) is 3.20. The van der Waals surface area contributed by atoms with E-state index in [1.54, 1.807) is 18.2 Å². The number of anilines is 1. The lowest BCUT2D eigenvalue weighted by Crippen LogP contribution is -2.28.